The first-order valence-electron chi connectivity index (χ1n) is 8.03. The number of benzene rings is 2. The van der Waals surface area contributed by atoms with Crippen LogP contribution in [0.25, 0.3) is 0 Å². The van der Waals surface area contributed by atoms with E-state index >= 15 is 0 Å². The van der Waals surface area contributed by atoms with Gasteiger partial charge in [0.1, 0.15) is 5.25 Å². The van der Waals surface area contributed by atoms with E-state index in [-0.39, 0.29) is 13.4 Å². The number of ether oxygens (including phenoxy) is 2. The van der Waals surface area contributed by atoms with Gasteiger partial charge in [-0.3, -0.25) is 4.79 Å². The quantitative estimate of drug-likeness (QED) is 0.312. The fourth-order valence-corrected chi connectivity index (χ4v) is 3.67. The van der Waals surface area contributed by atoms with Gasteiger partial charge in [0.2, 0.25) is 0 Å². The van der Waals surface area contributed by atoms with E-state index in [4.69, 9.17) is 17.0 Å². The first kappa shape index (κ1) is 25.8. The van der Waals surface area contributed by atoms with Crippen LogP contribution in [0.3, 0.4) is 0 Å². The highest BCUT2D eigenvalue weighted by Crippen LogP contribution is 2.33. The molecule has 0 bridgehead atoms. The summed E-state index contributed by atoms with van der Waals surface area (Å²) in [5.41, 5.74) is 1.87. The van der Waals surface area contributed by atoms with Crippen LogP contribution < -0.4 is 5.19 Å². The number of thiocarbonyl (C=S) groups is 1. The van der Waals surface area contributed by atoms with Crippen molar-refractivity contribution in [2.45, 2.75) is 12.7 Å². The van der Waals surface area contributed by atoms with E-state index in [0.717, 1.165) is 27.4 Å². The molecule has 150 valence electrons. The predicted molar refractivity (Wildman–Crippen MR) is 125 cm³/mol. The SMILES string of the molecule is C.C=CC(=O)OC.COC(=O)C(SC(=S)c1ccc([SiH3])cc1)c1ccccc1. The lowest BCUT2D eigenvalue weighted by atomic mass is 10.1. The molecule has 0 fully saturated rings. The Bertz CT molecular complexity index is 777. The number of hydrogen-bond donors (Lipinski definition) is 0. The van der Waals surface area contributed by atoms with Crippen molar-refractivity contribution in [1.29, 1.82) is 0 Å². The van der Waals surface area contributed by atoms with Crippen LogP contribution in [-0.4, -0.2) is 40.6 Å². The smallest absolute Gasteiger partial charge is 0.329 e. The highest BCUT2D eigenvalue weighted by molar-refractivity contribution is 8.24. The monoisotopic (exact) mass is 434 g/mol. The third kappa shape index (κ3) is 8.64. The second-order valence-corrected chi connectivity index (χ2v) is 8.25. The van der Waals surface area contributed by atoms with Crippen molar-refractivity contribution in [2.75, 3.05) is 14.2 Å². The zero-order valence-electron chi connectivity index (χ0n) is 15.5. The normalized spacial score (nSPS) is 10.4. The molecule has 0 radical (unpaired) electrons. The minimum atomic E-state index is -0.431. The van der Waals surface area contributed by atoms with E-state index in [0.29, 0.717) is 4.20 Å². The third-order valence-electron chi connectivity index (χ3n) is 3.40. The summed E-state index contributed by atoms with van der Waals surface area (Å²) in [4.78, 5) is 21.9. The highest BCUT2D eigenvalue weighted by atomic mass is 32.2. The molecule has 0 saturated heterocycles. The van der Waals surface area contributed by atoms with Crippen molar-refractivity contribution in [2.24, 2.45) is 0 Å². The van der Waals surface area contributed by atoms with Crippen LogP contribution in [0.1, 0.15) is 23.8 Å². The number of rotatable bonds is 5. The molecule has 0 amide bonds. The van der Waals surface area contributed by atoms with E-state index in [9.17, 15) is 9.59 Å². The zero-order chi connectivity index (χ0) is 20.2. The van der Waals surface area contributed by atoms with Gasteiger partial charge >= 0.3 is 11.9 Å². The summed E-state index contributed by atoms with van der Waals surface area (Å²) in [7, 11) is 3.73. The largest absolute Gasteiger partial charge is 0.468 e. The predicted octanol–water partition coefficient (Wildman–Crippen LogP) is 2.98. The standard InChI is InChI=1S/C16H16O2S2Si.C4H6O2.CH4/c1-18-15(17)14(11-5-3-2-4-6-11)20-16(19)12-7-9-13(21)10-8-12;1-3-4(5)6-2;/h2-10,14H,1,21H3;3H,1H2,2H3;1H4. The maximum absolute atomic E-state index is 12.0. The summed E-state index contributed by atoms with van der Waals surface area (Å²) in [6.45, 7) is 3.16. The third-order valence-corrected chi connectivity index (χ3v) is 5.74. The van der Waals surface area contributed by atoms with Crippen LogP contribution in [0.5, 0.6) is 0 Å². The molecule has 4 nitrogen and oxygen atoms in total. The molecule has 0 aliphatic heterocycles. The summed E-state index contributed by atoms with van der Waals surface area (Å²) < 4.78 is 9.76. The number of carbonyl (C=O) groups is 2. The minimum Gasteiger partial charge on any atom is -0.468 e. The second-order valence-electron chi connectivity index (χ2n) is 5.31. The molecule has 0 saturated carbocycles. The Hall–Kier alpha value is -2.22. The number of hydrogen-bond acceptors (Lipinski definition) is 6. The summed E-state index contributed by atoms with van der Waals surface area (Å²) >= 11 is 6.83. The van der Waals surface area contributed by atoms with Gasteiger partial charge in [-0.25, -0.2) is 4.79 Å². The van der Waals surface area contributed by atoms with Gasteiger partial charge in [0.25, 0.3) is 0 Å². The molecular formula is C21H26O4S2Si. The Morgan fingerprint density at radius 1 is 1.07 bits per heavy atom. The van der Waals surface area contributed by atoms with E-state index in [1.165, 1.54) is 31.2 Å². The first-order chi connectivity index (χ1) is 12.9. The second kappa shape index (κ2) is 13.9. The molecule has 1 unspecified atom stereocenters. The number of esters is 2. The van der Waals surface area contributed by atoms with Crippen molar-refractivity contribution in [3.63, 3.8) is 0 Å². The van der Waals surface area contributed by atoms with Crippen LogP contribution in [0.15, 0.2) is 67.3 Å². The van der Waals surface area contributed by atoms with Crippen LogP contribution >= 0.6 is 24.0 Å². The Kier molecular flexibility index (Phi) is 12.8. The Morgan fingerprint density at radius 3 is 2.07 bits per heavy atom. The molecule has 7 heteroatoms. The lowest BCUT2D eigenvalue weighted by Gasteiger charge is -2.15. The average Bonchev–Trinajstić information content (AvgIpc) is 2.72. The van der Waals surface area contributed by atoms with Gasteiger partial charge in [-0.2, -0.15) is 0 Å². The number of carbonyl (C=O) groups excluding carboxylic acids is 2. The fraction of sp³-hybridized carbons (Fsp3) is 0.190. The molecule has 2 aromatic carbocycles. The van der Waals surface area contributed by atoms with Gasteiger partial charge in [0.15, 0.2) is 0 Å². The Labute approximate surface area is 179 Å². The minimum absolute atomic E-state index is 0. The van der Waals surface area contributed by atoms with Crippen LogP contribution in [0.4, 0.5) is 0 Å². The first-order valence-corrected chi connectivity index (χ1v) is 10.3. The van der Waals surface area contributed by atoms with Gasteiger partial charge in [-0.05, 0) is 11.1 Å². The van der Waals surface area contributed by atoms with Gasteiger partial charge in [0, 0.05) is 16.3 Å². The van der Waals surface area contributed by atoms with Crippen LogP contribution in [-0.2, 0) is 19.1 Å². The highest BCUT2D eigenvalue weighted by Gasteiger charge is 2.24. The fourth-order valence-electron chi connectivity index (χ4n) is 1.94. The van der Waals surface area contributed by atoms with Gasteiger partial charge in [0.05, 0.1) is 18.4 Å². The lowest BCUT2D eigenvalue weighted by molar-refractivity contribution is -0.140. The molecular weight excluding hydrogens is 408 g/mol. The molecule has 0 aliphatic rings. The summed E-state index contributed by atoms with van der Waals surface area (Å²) in [5, 5.41) is 0.888. The van der Waals surface area contributed by atoms with E-state index in [1.54, 1.807) is 0 Å². The maximum Gasteiger partial charge on any atom is 0.329 e. The van der Waals surface area contributed by atoms with Crippen LogP contribution in [0.2, 0.25) is 0 Å². The lowest BCUT2D eigenvalue weighted by Crippen LogP contribution is -2.13. The van der Waals surface area contributed by atoms with Crippen LogP contribution in [0, 0.1) is 0 Å². The molecule has 0 aromatic heterocycles. The van der Waals surface area contributed by atoms with E-state index in [2.05, 4.69) is 23.4 Å². The topological polar surface area (TPSA) is 52.6 Å². The average molecular weight is 435 g/mol. The summed E-state index contributed by atoms with van der Waals surface area (Å²) in [6, 6.07) is 17.7. The molecule has 0 N–H and O–H groups in total. The summed E-state index contributed by atoms with van der Waals surface area (Å²) in [5.74, 6) is -0.678. The number of methoxy groups -OCH3 is 2. The maximum atomic E-state index is 12.0. The van der Waals surface area contributed by atoms with Gasteiger partial charge < -0.3 is 9.47 Å². The molecule has 1 atom stereocenters. The molecule has 0 aliphatic carbocycles. The molecule has 2 rings (SSSR count). The molecule has 0 heterocycles. The van der Waals surface area contributed by atoms with Gasteiger partial charge in [-0.15, -0.1) is 0 Å². The Morgan fingerprint density at radius 2 is 1.64 bits per heavy atom. The van der Waals surface area contributed by atoms with Crippen molar-refractivity contribution >= 4 is 55.5 Å². The van der Waals surface area contributed by atoms with Crippen molar-refractivity contribution < 1.29 is 19.1 Å². The van der Waals surface area contributed by atoms with Gasteiger partial charge in [-0.1, -0.05) is 97.8 Å². The van der Waals surface area contributed by atoms with Crippen molar-refractivity contribution in [1.82, 2.24) is 0 Å². The molecule has 28 heavy (non-hydrogen) atoms. The summed E-state index contributed by atoms with van der Waals surface area (Å²) in [6.07, 6.45) is 1.11. The van der Waals surface area contributed by atoms with E-state index < -0.39 is 11.2 Å². The Balaban J connectivity index is 0.000000910. The number of thioether (sulfide) groups is 1. The zero-order valence-corrected chi connectivity index (χ0v) is 19.1. The van der Waals surface area contributed by atoms with Crippen molar-refractivity contribution in [3.05, 3.63) is 78.4 Å². The molecule has 2 aromatic rings. The van der Waals surface area contributed by atoms with Crippen molar-refractivity contribution in [3.8, 4) is 0 Å². The molecule has 0 spiro atoms. The van der Waals surface area contributed by atoms with E-state index in [1.807, 2.05) is 42.5 Å².